The minimum Gasteiger partial charge on any atom is -0.333 e. The van der Waals surface area contributed by atoms with E-state index in [1.807, 2.05) is 20.3 Å². The molecule has 0 atom stereocenters. The summed E-state index contributed by atoms with van der Waals surface area (Å²) in [5, 5.41) is 3.37. The van der Waals surface area contributed by atoms with Crippen LogP contribution in [0.15, 0.2) is 24.4 Å². The normalized spacial score (nSPS) is 14.8. The zero-order valence-electron chi connectivity index (χ0n) is 15.0. The van der Waals surface area contributed by atoms with Crippen molar-refractivity contribution in [1.82, 2.24) is 19.8 Å². The van der Waals surface area contributed by atoms with Crippen LogP contribution in [0, 0.1) is 11.6 Å². The van der Waals surface area contributed by atoms with Crippen LogP contribution in [0.4, 0.5) is 8.78 Å². The molecule has 0 aliphatic carbocycles. The third-order valence-corrected chi connectivity index (χ3v) is 4.52. The Hall–Kier alpha value is -1.21. The summed E-state index contributed by atoms with van der Waals surface area (Å²) in [4.78, 5) is 6.91. The lowest BCUT2D eigenvalue weighted by Gasteiger charge is -2.23. The molecule has 146 valence electrons. The summed E-state index contributed by atoms with van der Waals surface area (Å²) in [5.41, 5.74) is 1.33. The first-order valence-corrected chi connectivity index (χ1v) is 8.42. The van der Waals surface area contributed by atoms with Crippen LogP contribution in [0.3, 0.4) is 0 Å². The fraction of sp³-hybridized carbons (Fsp3) is 0.500. The maximum atomic E-state index is 13.6. The Morgan fingerprint density at radius 2 is 1.85 bits per heavy atom. The Morgan fingerprint density at radius 1 is 1.15 bits per heavy atom. The smallest absolute Gasteiger partial charge is 0.159 e. The van der Waals surface area contributed by atoms with Crippen molar-refractivity contribution in [2.24, 2.45) is 0 Å². The standard InChI is InChI=1S/C18H24F2N4.2ClH/c1-23(2)9-10-24-12-17(14-3-4-15(19)16(20)11-14)22-18(24)13-5-7-21-8-6-13;;/h3-4,11-13,21H,5-10H2,1-2H3;2*1H. The Labute approximate surface area is 165 Å². The fourth-order valence-electron chi connectivity index (χ4n) is 3.12. The molecule has 1 aromatic carbocycles. The number of nitrogens with one attached hydrogen (secondary N) is 1. The van der Waals surface area contributed by atoms with Gasteiger partial charge in [0.15, 0.2) is 11.6 Å². The van der Waals surface area contributed by atoms with Gasteiger partial charge in [0.05, 0.1) is 5.69 Å². The maximum absolute atomic E-state index is 13.6. The highest BCUT2D eigenvalue weighted by Gasteiger charge is 2.22. The molecule has 1 saturated heterocycles. The number of halogens is 4. The number of imidazole rings is 1. The van der Waals surface area contributed by atoms with E-state index in [4.69, 9.17) is 4.98 Å². The first-order valence-electron chi connectivity index (χ1n) is 8.42. The van der Waals surface area contributed by atoms with Crippen LogP contribution >= 0.6 is 24.8 Å². The van der Waals surface area contributed by atoms with Gasteiger partial charge in [0.25, 0.3) is 0 Å². The lowest BCUT2D eigenvalue weighted by molar-refractivity contribution is 0.369. The van der Waals surface area contributed by atoms with E-state index in [9.17, 15) is 8.78 Å². The minimum atomic E-state index is -0.834. The monoisotopic (exact) mass is 406 g/mol. The highest BCUT2D eigenvalue weighted by atomic mass is 35.5. The van der Waals surface area contributed by atoms with Crippen LogP contribution < -0.4 is 5.32 Å². The minimum absolute atomic E-state index is 0. The summed E-state index contributed by atoms with van der Waals surface area (Å²) < 4.78 is 28.9. The molecular weight excluding hydrogens is 381 g/mol. The average Bonchev–Trinajstić information content (AvgIpc) is 3.00. The SMILES string of the molecule is CN(C)CCn1cc(-c2ccc(F)c(F)c2)nc1C1CCNCC1.Cl.Cl. The van der Waals surface area contributed by atoms with Gasteiger partial charge in [-0.05, 0) is 58.2 Å². The second kappa shape index (κ2) is 10.2. The van der Waals surface area contributed by atoms with Crippen LogP contribution in [0.1, 0.15) is 24.6 Å². The maximum Gasteiger partial charge on any atom is 0.159 e. The summed E-state index contributed by atoms with van der Waals surface area (Å²) >= 11 is 0. The van der Waals surface area contributed by atoms with Crippen molar-refractivity contribution in [3.8, 4) is 11.3 Å². The summed E-state index contributed by atoms with van der Waals surface area (Å²) in [6.45, 7) is 3.73. The lowest BCUT2D eigenvalue weighted by Crippen LogP contribution is -2.28. The molecule has 0 bridgehead atoms. The number of nitrogens with zero attached hydrogens (tertiary/aromatic N) is 3. The molecule has 0 saturated carbocycles. The van der Waals surface area contributed by atoms with E-state index in [-0.39, 0.29) is 24.8 Å². The predicted molar refractivity (Wildman–Crippen MR) is 105 cm³/mol. The van der Waals surface area contributed by atoms with Crippen molar-refractivity contribution < 1.29 is 8.78 Å². The van der Waals surface area contributed by atoms with Crippen molar-refractivity contribution in [1.29, 1.82) is 0 Å². The second-order valence-electron chi connectivity index (χ2n) is 6.63. The summed E-state index contributed by atoms with van der Waals surface area (Å²) in [6, 6.07) is 3.97. The Balaban J connectivity index is 0.00000169. The summed E-state index contributed by atoms with van der Waals surface area (Å²) in [7, 11) is 4.08. The molecule has 1 N–H and O–H groups in total. The predicted octanol–water partition coefficient (Wildman–Crippen LogP) is 3.70. The molecule has 0 radical (unpaired) electrons. The number of aromatic nitrogens is 2. The third-order valence-electron chi connectivity index (χ3n) is 4.52. The van der Waals surface area contributed by atoms with Crippen LogP contribution in [0.2, 0.25) is 0 Å². The van der Waals surface area contributed by atoms with Crippen molar-refractivity contribution >= 4 is 24.8 Å². The molecule has 1 aliphatic heterocycles. The van der Waals surface area contributed by atoms with Crippen molar-refractivity contribution in [2.75, 3.05) is 33.7 Å². The number of likely N-dealkylation sites (N-methyl/N-ethyl adjacent to an activating group) is 1. The Morgan fingerprint density at radius 3 is 2.46 bits per heavy atom. The average molecular weight is 407 g/mol. The third kappa shape index (κ3) is 5.39. The van der Waals surface area contributed by atoms with E-state index in [0.29, 0.717) is 17.2 Å². The Kier molecular flexibility index (Phi) is 8.96. The highest BCUT2D eigenvalue weighted by Crippen LogP contribution is 2.28. The number of rotatable bonds is 5. The lowest BCUT2D eigenvalue weighted by atomic mass is 9.97. The fourth-order valence-corrected chi connectivity index (χ4v) is 3.12. The first-order chi connectivity index (χ1) is 11.5. The van der Waals surface area contributed by atoms with Gasteiger partial charge in [-0.15, -0.1) is 24.8 Å². The van der Waals surface area contributed by atoms with Gasteiger partial charge < -0.3 is 14.8 Å². The quantitative estimate of drug-likeness (QED) is 0.821. The topological polar surface area (TPSA) is 33.1 Å². The number of hydrogen-bond donors (Lipinski definition) is 1. The molecule has 0 unspecified atom stereocenters. The molecule has 1 aromatic heterocycles. The second-order valence-corrected chi connectivity index (χ2v) is 6.63. The molecular formula is C18H26Cl2F2N4. The number of benzene rings is 1. The molecule has 26 heavy (non-hydrogen) atoms. The van der Waals surface area contributed by atoms with E-state index in [1.54, 1.807) is 6.07 Å². The van der Waals surface area contributed by atoms with Crippen LogP contribution in [0.25, 0.3) is 11.3 Å². The van der Waals surface area contributed by atoms with E-state index in [1.165, 1.54) is 6.07 Å². The zero-order valence-corrected chi connectivity index (χ0v) is 16.7. The number of hydrogen-bond acceptors (Lipinski definition) is 3. The van der Waals surface area contributed by atoms with Gasteiger partial charge in [0.2, 0.25) is 0 Å². The molecule has 0 amide bonds. The largest absolute Gasteiger partial charge is 0.333 e. The molecule has 2 aromatic rings. The van der Waals surface area contributed by atoms with Gasteiger partial charge >= 0.3 is 0 Å². The van der Waals surface area contributed by atoms with Gasteiger partial charge in [0.1, 0.15) is 5.82 Å². The van der Waals surface area contributed by atoms with Crippen molar-refractivity contribution in [3.05, 3.63) is 41.9 Å². The van der Waals surface area contributed by atoms with Crippen LogP contribution in [-0.4, -0.2) is 48.2 Å². The molecule has 8 heteroatoms. The van der Waals surface area contributed by atoms with Gasteiger partial charge in [-0.1, -0.05) is 0 Å². The van der Waals surface area contributed by atoms with E-state index >= 15 is 0 Å². The molecule has 1 fully saturated rings. The molecule has 1 aliphatic rings. The molecule has 4 nitrogen and oxygen atoms in total. The Bertz CT molecular complexity index is 700. The number of piperidine rings is 1. The van der Waals surface area contributed by atoms with Gasteiger partial charge in [0, 0.05) is 30.8 Å². The van der Waals surface area contributed by atoms with E-state index in [0.717, 1.165) is 50.9 Å². The van der Waals surface area contributed by atoms with Crippen molar-refractivity contribution in [2.45, 2.75) is 25.3 Å². The van der Waals surface area contributed by atoms with Gasteiger partial charge in [-0.3, -0.25) is 0 Å². The zero-order chi connectivity index (χ0) is 17.1. The van der Waals surface area contributed by atoms with Gasteiger partial charge in [-0.25, -0.2) is 13.8 Å². The van der Waals surface area contributed by atoms with Crippen molar-refractivity contribution in [3.63, 3.8) is 0 Å². The summed E-state index contributed by atoms with van der Waals surface area (Å²) in [5.74, 6) is -0.200. The van der Waals surface area contributed by atoms with E-state index < -0.39 is 11.6 Å². The highest BCUT2D eigenvalue weighted by molar-refractivity contribution is 5.85. The molecule has 0 spiro atoms. The summed E-state index contributed by atoms with van der Waals surface area (Å²) in [6.07, 6.45) is 4.07. The molecule has 2 heterocycles. The van der Waals surface area contributed by atoms with Gasteiger partial charge in [-0.2, -0.15) is 0 Å². The van der Waals surface area contributed by atoms with E-state index in [2.05, 4.69) is 14.8 Å². The van der Waals surface area contributed by atoms with Crippen LogP contribution in [0.5, 0.6) is 0 Å². The first kappa shape index (κ1) is 22.8. The molecule has 3 rings (SSSR count). The van der Waals surface area contributed by atoms with Crippen LogP contribution in [-0.2, 0) is 6.54 Å².